The second-order valence-corrected chi connectivity index (χ2v) is 7.90. The quantitative estimate of drug-likeness (QED) is 0.522. The number of fused-ring (bicyclic) bond motifs is 1. The Bertz CT molecular complexity index is 1040. The van der Waals surface area contributed by atoms with Gasteiger partial charge >= 0.3 is 0 Å². The van der Waals surface area contributed by atoms with Crippen molar-refractivity contribution in [2.24, 2.45) is 0 Å². The van der Waals surface area contributed by atoms with Crippen LogP contribution >= 0.6 is 22.9 Å². The first-order valence-electron chi connectivity index (χ1n) is 9.24. The van der Waals surface area contributed by atoms with Crippen molar-refractivity contribution in [1.82, 2.24) is 10.3 Å². The number of ether oxygens (including phenoxy) is 4. The van der Waals surface area contributed by atoms with Crippen LogP contribution in [0.15, 0.2) is 42.5 Å². The van der Waals surface area contributed by atoms with Crippen molar-refractivity contribution >= 4 is 28.8 Å². The number of carbonyl (C=O) groups excluding carboxylic acids is 1. The van der Waals surface area contributed by atoms with Gasteiger partial charge in [-0.15, -0.1) is 11.3 Å². The molecule has 1 amide bonds. The highest BCUT2D eigenvalue weighted by Gasteiger charge is 2.16. The summed E-state index contributed by atoms with van der Waals surface area (Å²) in [6.45, 7) is 3.00. The van der Waals surface area contributed by atoms with E-state index in [2.05, 4.69) is 10.3 Å². The number of hydrogen-bond donors (Lipinski definition) is 1. The van der Waals surface area contributed by atoms with Gasteiger partial charge in [0.1, 0.15) is 34.6 Å². The fourth-order valence-electron chi connectivity index (χ4n) is 2.78. The predicted molar refractivity (Wildman–Crippen MR) is 113 cm³/mol. The lowest BCUT2D eigenvalue weighted by Crippen LogP contribution is -2.27. The third-order valence-corrected chi connectivity index (χ3v) is 5.61. The minimum absolute atomic E-state index is 0.183. The summed E-state index contributed by atoms with van der Waals surface area (Å²) < 4.78 is 21.9. The lowest BCUT2D eigenvalue weighted by molar-refractivity contribution is 0.0950. The van der Waals surface area contributed by atoms with Crippen molar-refractivity contribution in [2.75, 3.05) is 19.9 Å². The molecule has 156 valence electrons. The summed E-state index contributed by atoms with van der Waals surface area (Å²) in [4.78, 5) is 17.5. The number of carbonyl (C=O) groups is 1. The number of halogens is 1. The molecule has 0 saturated heterocycles. The van der Waals surface area contributed by atoms with Crippen LogP contribution in [-0.4, -0.2) is 30.8 Å². The summed E-state index contributed by atoms with van der Waals surface area (Å²) in [6, 6.07) is 12.5. The second-order valence-electron chi connectivity index (χ2n) is 6.38. The number of nitrogens with one attached hydrogen (secondary N) is 1. The van der Waals surface area contributed by atoms with E-state index < -0.39 is 0 Å². The van der Waals surface area contributed by atoms with Crippen molar-refractivity contribution in [2.45, 2.75) is 13.5 Å². The second kappa shape index (κ2) is 9.23. The van der Waals surface area contributed by atoms with Crippen LogP contribution < -0.4 is 24.3 Å². The van der Waals surface area contributed by atoms with Gasteiger partial charge in [0.15, 0.2) is 11.5 Å². The number of amides is 1. The summed E-state index contributed by atoms with van der Waals surface area (Å²) in [5.74, 6) is 2.53. The molecule has 1 aromatic heterocycles. The molecule has 0 spiro atoms. The molecule has 0 fully saturated rings. The van der Waals surface area contributed by atoms with Gasteiger partial charge in [0, 0.05) is 11.1 Å². The maximum Gasteiger partial charge on any atom is 0.263 e. The molecule has 9 heteroatoms. The highest BCUT2D eigenvalue weighted by atomic mass is 35.5. The summed E-state index contributed by atoms with van der Waals surface area (Å²) in [5.41, 5.74) is 0.670. The van der Waals surface area contributed by atoms with Crippen LogP contribution in [0.2, 0.25) is 5.02 Å². The molecular weight excluding hydrogens is 428 g/mol. The van der Waals surface area contributed by atoms with E-state index in [4.69, 9.17) is 30.5 Å². The van der Waals surface area contributed by atoms with Gasteiger partial charge in [0.05, 0.1) is 12.2 Å². The first-order chi connectivity index (χ1) is 14.6. The molecule has 2 heterocycles. The Balaban J connectivity index is 1.24. The monoisotopic (exact) mass is 446 g/mol. The number of nitrogens with zero attached hydrogens (tertiary/aromatic N) is 1. The van der Waals surface area contributed by atoms with Gasteiger partial charge in [-0.25, -0.2) is 4.98 Å². The molecule has 1 aliphatic rings. The molecular formula is C21H19ClN2O5S. The minimum atomic E-state index is -0.183. The third kappa shape index (κ3) is 4.95. The maximum atomic E-state index is 12.5. The Hall–Kier alpha value is -2.97. The Labute approximate surface area is 182 Å². The van der Waals surface area contributed by atoms with E-state index in [9.17, 15) is 4.79 Å². The normalized spacial score (nSPS) is 11.9. The van der Waals surface area contributed by atoms with Crippen LogP contribution in [0, 0.1) is 6.92 Å². The zero-order chi connectivity index (χ0) is 20.9. The van der Waals surface area contributed by atoms with E-state index in [1.807, 2.05) is 0 Å². The van der Waals surface area contributed by atoms with Crippen molar-refractivity contribution in [3.63, 3.8) is 0 Å². The van der Waals surface area contributed by atoms with Crippen molar-refractivity contribution in [3.05, 3.63) is 63.1 Å². The average molecular weight is 447 g/mol. The number of rotatable bonds is 8. The van der Waals surface area contributed by atoms with Crippen LogP contribution in [0.3, 0.4) is 0 Å². The Morgan fingerprint density at radius 3 is 2.73 bits per heavy atom. The van der Waals surface area contributed by atoms with Gasteiger partial charge in [-0.05, 0) is 43.3 Å². The van der Waals surface area contributed by atoms with Gasteiger partial charge in [-0.1, -0.05) is 11.6 Å². The van der Waals surface area contributed by atoms with Gasteiger partial charge in [-0.3, -0.25) is 4.79 Å². The predicted octanol–water partition coefficient (Wildman–Crippen LogP) is 4.22. The largest absolute Gasteiger partial charge is 0.492 e. The van der Waals surface area contributed by atoms with E-state index in [0.717, 1.165) is 5.01 Å². The van der Waals surface area contributed by atoms with Crippen LogP contribution in [0.5, 0.6) is 23.0 Å². The summed E-state index contributed by atoms with van der Waals surface area (Å²) in [5, 5.41) is 4.22. The lowest BCUT2D eigenvalue weighted by Gasteiger charge is -2.08. The fourth-order valence-corrected chi connectivity index (χ4v) is 3.80. The molecule has 1 N–H and O–H groups in total. The molecule has 4 rings (SSSR count). The summed E-state index contributed by atoms with van der Waals surface area (Å²) in [6.07, 6.45) is 0. The van der Waals surface area contributed by atoms with E-state index >= 15 is 0 Å². The molecule has 0 unspecified atom stereocenters. The smallest absolute Gasteiger partial charge is 0.263 e. The van der Waals surface area contributed by atoms with Crippen LogP contribution in [-0.2, 0) is 6.61 Å². The van der Waals surface area contributed by atoms with Crippen LogP contribution in [0.4, 0.5) is 0 Å². The summed E-state index contributed by atoms with van der Waals surface area (Å²) >= 11 is 7.18. The number of benzene rings is 2. The lowest BCUT2D eigenvalue weighted by atomic mass is 10.3. The molecule has 30 heavy (non-hydrogen) atoms. The number of thiazole rings is 1. The Kier molecular flexibility index (Phi) is 6.25. The molecule has 7 nitrogen and oxygen atoms in total. The first-order valence-corrected chi connectivity index (χ1v) is 10.4. The van der Waals surface area contributed by atoms with Gasteiger partial charge in [-0.2, -0.15) is 0 Å². The number of aryl methyl sites for hydroxylation is 1. The van der Waals surface area contributed by atoms with E-state index in [-0.39, 0.29) is 19.3 Å². The van der Waals surface area contributed by atoms with Gasteiger partial charge in [0.2, 0.25) is 6.79 Å². The molecule has 3 aromatic rings. The van der Waals surface area contributed by atoms with Crippen molar-refractivity contribution in [1.29, 1.82) is 0 Å². The SMILES string of the molecule is Cc1nc(COc2ccc(Cl)cc2)sc1C(=O)NCCOc1ccc2c(c1)OCO2. The third-order valence-electron chi connectivity index (χ3n) is 4.22. The number of hydrogen-bond acceptors (Lipinski definition) is 7. The number of aromatic nitrogens is 1. The van der Waals surface area contributed by atoms with Gasteiger partial charge < -0.3 is 24.3 Å². The molecule has 0 aliphatic carbocycles. The first kappa shape index (κ1) is 20.3. The zero-order valence-corrected chi connectivity index (χ0v) is 17.7. The van der Waals surface area contributed by atoms with E-state index in [1.165, 1.54) is 11.3 Å². The van der Waals surface area contributed by atoms with Crippen LogP contribution in [0.1, 0.15) is 20.4 Å². The molecule has 1 aliphatic heterocycles. The van der Waals surface area contributed by atoms with Crippen molar-refractivity contribution in [3.8, 4) is 23.0 Å². The fraction of sp³-hybridized carbons (Fsp3) is 0.238. The molecule has 0 bridgehead atoms. The van der Waals surface area contributed by atoms with Crippen LogP contribution in [0.25, 0.3) is 0 Å². The zero-order valence-electron chi connectivity index (χ0n) is 16.1. The Morgan fingerprint density at radius 1 is 1.13 bits per heavy atom. The molecule has 0 radical (unpaired) electrons. The topological polar surface area (TPSA) is 78.9 Å². The highest BCUT2D eigenvalue weighted by Crippen LogP contribution is 2.35. The average Bonchev–Trinajstić information content (AvgIpc) is 3.36. The van der Waals surface area contributed by atoms with E-state index in [0.29, 0.717) is 51.7 Å². The standard InChI is InChI=1S/C21H19ClN2O5S/c1-13-20(30-19(24-13)11-27-15-4-2-14(22)3-5-15)21(25)23-8-9-26-16-6-7-17-18(10-16)29-12-28-17/h2-7,10H,8-9,11-12H2,1H3,(H,23,25). The molecule has 0 atom stereocenters. The molecule has 2 aromatic carbocycles. The molecule has 0 saturated carbocycles. The van der Waals surface area contributed by atoms with E-state index in [1.54, 1.807) is 49.4 Å². The van der Waals surface area contributed by atoms with Crippen molar-refractivity contribution < 1.29 is 23.7 Å². The minimum Gasteiger partial charge on any atom is -0.492 e. The summed E-state index contributed by atoms with van der Waals surface area (Å²) in [7, 11) is 0. The Morgan fingerprint density at radius 2 is 1.90 bits per heavy atom. The highest BCUT2D eigenvalue weighted by molar-refractivity contribution is 7.13. The van der Waals surface area contributed by atoms with Gasteiger partial charge in [0.25, 0.3) is 5.91 Å². The maximum absolute atomic E-state index is 12.5.